The van der Waals surface area contributed by atoms with Crippen molar-refractivity contribution in [2.45, 2.75) is 31.0 Å². The molecule has 0 aromatic heterocycles. The second-order valence-electron chi connectivity index (χ2n) is 9.93. The summed E-state index contributed by atoms with van der Waals surface area (Å²) in [6.07, 6.45) is -10.4. The Kier molecular flexibility index (Phi) is 8.38. The van der Waals surface area contributed by atoms with E-state index >= 15 is 4.39 Å². The van der Waals surface area contributed by atoms with Crippen molar-refractivity contribution >= 4 is 5.70 Å². The average Bonchev–Trinajstić information content (AvgIpc) is 2.93. The third-order valence-electron chi connectivity index (χ3n) is 7.13. The van der Waals surface area contributed by atoms with Gasteiger partial charge in [0.25, 0.3) is 0 Å². The van der Waals surface area contributed by atoms with Crippen LogP contribution in [0.4, 0.5) is 35.1 Å². The molecule has 3 aliphatic heterocycles. The maximum atomic E-state index is 15.1. The molecule has 0 amide bonds. The summed E-state index contributed by atoms with van der Waals surface area (Å²) in [4.78, 5) is 1.82. The highest BCUT2D eigenvalue weighted by Crippen LogP contribution is 2.38. The first-order valence-electron chi connectivity index (χ1n) is 12.9. The molecule has 2 unspecified atom stereocenters. The normalized spacial score (nSPS) is 23.7. The number of ether oxygens (including phenoxy) is 2. The van der Waals surface area contributed by atoms with Crippen LogP contribution in [-0.4, -0.2) is 61.7 Å². The van der Waals surface area contributed by atoms with Crippen molar-refractivity contribution < 1.29 is 44.6 Å². The van der Waals surface area contributed by atoms with Gasteiger partial charge in [0.05, 0.1) is 31.0 Å². The molecule has 42 heavy (non-hydrogen) atoms. The van der Waals surface area contributed by atoms with Crippen LogP contribution in [0.2, 0.25) is 0 Å². The van der Waals surface area contributed by atoms with Crippen molar-refractivity contribution in [2.75, 3.05) is 39.5 Å². The highest BCUT2D eigenvalue weighted by Gasteiger charge is 2.38. The zero-order chi connectivity index (χ0) is 30.2. The Hall–Kier alpha value is -3.40. The molecule has 3 aliphatic rings. The minimum absolute atomic E-state index is 0.000277. The summed E-state index contributed by atoms with van der Waals surface area (Å²) in [5.74, 6) is -1.88. The lowest BCUT2D eigenvalue weighted by Crippen LogP contribution is -2.50. The van der Waals surface area contributed by atoms with Gasteiger partial charge in [-0.15, -0.1) is 0 Å². The van der Waals surface area contributed by atoms with Crippen molar-refractivity contribution in [1.29, 1.82) is 0 Å². The van der Waals surface area contributed by atoms with Crippen LogP contribution in [0.15, 0.2) is 53.9 Å². The van der Waals surface area contributed by atoms with Crippen LogP contribution in [0.5, 0.6) is 0 Å². The molecular weight excluding hydrogens is 580 g/mol. The van der Waals surface area contributed by atoms with E-state index in [1.165, 1.54) is 6.08 Å². The van der Waals surface area contributed by atoms with Gasteiger partial charge in [0.2, 0.25) is 0 Å². The molecule has 0 aliphatic carbocycles. The topological polar surface area (TPSA) is 72.1 Å². The minimum atomic E-state index is -5.09. The first kappa shape index (κ1) is 30.1. The van der Waals surface area contributed by atoms with E-state index in [9.17, 15) is 35.9 Å². The van der Waals surface area contributed by atoms with E-state index in [4.69, 9.17) is 9.47 Å². The van der Waals surface area contributed by atoms with Gasteiger partial charge >= 0.3 is 12.4 Å². The lowest BCUT2D eigenvalue weighted by atomic mass is 9.93. The van der Waals surface area contributed by atoms with Crippen LogP contribution in [-0.2, 0) is 28.2 Å². The van der Waals surface area contributed by atoms with E-state index in [2.05, 4.69) is 10.6 Å². The molecule has 2 N–H and O–H groups in total. The number of rotatable bonds is 4. The van der Waals surface area contributed by atoms with E-state index in [0.29, 0.717) is 49.6 Å². The molecule has 2 aromatic rings. The Morgan fingerprint density at radius 2 is 1.60 bits per heavy atom. The number of hydrogen-bond acceptors (Lipinski definition) is 7. The summed E-state index contributed by atoms with van der Waals surface area (Å²) in [5, 5.41) is 20.4. The molecule has 5 rings (SSSR count). The van der Waals surface area contributed by atoms with E-state index in [0.717, 1.165) is 12.1 Å². The predicted molar refractivity (Wildman–Crippen MR) is 134 cm³/mol. The van der Waals surface area contributed by atoms with E-state index in [1.54, 1.807) is 0 Å². The fourth-order valence-corrected chi connectivity index (χ4v) is 5.08. The Balaban J connectivity index is 1.64. The highest BCUT2D eigenvalue weighted by molar-refractivity contribution is 5.66. The van der Waals surface area contributed by atoms with E-state index in [1.807, 2.05) is 4.90 Å². The van der Waals surface area contributed by atoms with Gasteiger partial charge in [-0.05, 0) is 48.4 Å². The Morgan fingerprint density at radius 3 is 2.21 bits per heavy atom. The number of halogens is 8. The van der Waals surface area contributed by atoms with Gasteiger partial charge in [-0.1, -0.05) is 0 Å². The van der Waals surface area contributed by atoms with Crippen LogP contribution >= 0.6 is 0 Å². The summed E-state index contributed by atoms with van der Waals surface area (Å²) in [7, 11) is 0. The maximum Gasteiger partial charge on any atom is 0.416 e. The summed E-state index contributed by atoms with van der Waals surface area (Å²) in [6, 6.07) is 2.19. The number of nitrogens with zero attached hydrogens (tertiary/aromatic N) is 2. The first-order chi connectivity index (χ1) is 19.8. The van der Waals surface area contributed by atoms with Crippen molar-refractivity contribution in [3.05, 3.63) is 93.0 Å². The molecule has 1 saturated heterocycles. The smallest absolute Gasteiger partial charge is 0.416 e. The van der Waals surface area contributed by atoms with Gasteiger partial charge in [-0.3, -0.25) is 10.2 Å². The second-order valence-corrected chi connectivity index (χ2v) is 9.93. The quantitative estimate of drug-likeness (QED) is 0.486. The number of morpholine rings is 1. The molecular formula is C27H25F8N4O3-. The number of nitrogens with one attached hydrogen (secondary N) is 2. The zero-order valence-electron chi connectivity index (χ0n) is 21.8. The van der Waals surface area contributed by atoms with Gasteiger partial charge in [0, 0.05) is 48.6 Å². The molecule has 2 aromatic carbocycles. The molecule has 0 spiro atoms. The number of alkyl halides is 6. The third kappa shape index (κ3) is 6.48. The number of benzene rings is 2. The van der Waals surface area contributed by atoms with Gasteiger partial charge in [0.1, 0.15) is 11.6 Å². The molecule has 0 saturated carbocycles. The van der Waals surface area contributed by atoms with Crippen molar-refractivity contribution in [3.8, 4) is 0 Å². The summed E-state index contributed by atoms with van der Waals surface area (Å²) < 4.78 is 122. The molecule has 15 heteroatoms. The van der Waals surface area contributed by atoms with Crippen LogP contribution in [0, 0.1) is 16.8 Å². The fraction of sp³-hybridized carbons (Fsp3) is 0.407. The maximum absolute atomic E-state index is 15.1. The number of hydrogen-bond donors (Lipinski definition) is 2. The van der Waals surface area contributed by atoms with Gasteiger partial charge < -0.3 is 25.1 Å². The predicted octanol–water partition coefficient (Wildman–Crippen LogP) is 4.80. The largest absolute Gasteiger partial charge is 0.758 e. The van der Waals surface area contributed by atoms with Crippen molar-refractivity contribution in [2.24, 2.45) is 0 Å². The van der Waals surface area contributed by atoms with Gasteiger partial charge in [-0.25, -0.2) is 8.78 Å². The summed E-state index contributed by atoms with van der Waals surface area (Å²) >= 11 is 0. The average molecular weight is 606 g/mol. The third-order valence-corrected chi connectivity index (χ3v) is 7.13. The summed E-state index contributed by atoms with van der Waals surface area (Å²) in [5.41, 5.74) is -3.94. The van der Waals surface area contributed by atoms with Crippen molar-refractivity contribution in [1.82, 2.24) is 20.6 Å². The Morgan fingerprint density at radius 1 is 0.929 bits per heavy atom. The van der Waals surface area contributed by atoms with Crippen LogP contribution in [0.25, 0.3) is 5.70 Å². The molecule has 7 nitrogen and oxygen atoms in total. The van der Waals surface area contributed by atoms with Crippen LogP contribution in [0.1, 0.15) is 22.3 Å². The molecule has 3 heterocycles. The van der Waals surface area contributed by atoms with Crippen LogP contribution < -0.4 is 10.6 Å². The summed E-state index contributed by atoms with van der Waals surface area (Å²) in [6.45, 7) is 1.64. The minimum Gasteiger partial charge on any atom is -0.758 e. The second kappa shape index (κ2) is 11.7. The molecule has 228 valence electrons. The monoisotopic (exact) mass is 605 g/mol. The number of hydroxylamine groups is 2. The molecule has 0 bridgehead atoms. The molecule has 2 atom stereocenters. The molecule has 1 fully saturated rings. The highest BCUT2D eigenvalue weighted by atomic mass is 19.4. The van der Waals surface area contributed by atoms with Crippen LogP contribution in [0.3, 0.4) is 0 Å². The SMILES string of the molecule is [O-]N1/C(c2ccc(F)cc2F)=C\C(N2CCOCC2)OC2=C(CNCN2)C1Cc1cc(C(F)(F)F)cc(C(F)(F)F)c1. The van der Waals surface area contributed by atoms with E-state index in [-0.39, 0.29) is 42.0 Å². The van der Waals surface area contributed by atoms with Gasteiger partial charge in [0.15, 0.2) is 12.1 Å². The lowest BCUT2D eigenvalue weighted by Gasteiger charge is -2.47. The van der Waals surface area contributed by atoms with E-state index < -0.39 is 59.4 Å². The zero-order valence-corrected chi connectivity index (χ0v) is 21.8. The van der Waals surface area contributed by atoms with Gasteiger partial charge in [-0.2, -0.15) is 26.3 Å². The standard InChI is InChI=1S/C27H25F8N4O3/c28-18-1-2-19(21(29)11-18)23-12-24(38-3-5-41-6-4-38)42-25-20(13-36-14-37-25)22(39(23)40)9-15-7-16(26(30,31)32)10-17(8-15)27(33,34)35/h1-2,7-8,10-12,22,24,36-37H,3-6,9,13-14H2/q-1/b23-12-. The first-order valence-corrected chi connectivity index (χ1v) is 12.9. The lowest BCUT2D eigenvalue weighted by molar-refractivity contribution is -0.143. The molecule has 0 radical (unpaired) electrons. The Labute approximate surface area is 234 Å². The van der Waals surface area contributed by atoms with Crippen molar-refractivity contribution in [3.63, 3.8) is 0 Å². The Bertz CT molecular complexity index is 1340. The fourth-order valence-electron chi connectivity index (χ4n) is 5.08.